The van der Waals surface area contributed by atoms with Crippen LogP contribution in [0.4, 0.5) is 10.1 Å². The smallest absolute Gasteiger partial charge is 0.338 e. The molecule has 0 bridgehead atoms. The van der Waals surface area contributed by atoms with E-state index in [1.807, 2.05) is 0 Å². The van der Waals surface area contributed by atoms with Crippen molar-refractivity contribution in [2.45, 2.75) is 6.92 Å². The summed E-state index contributed by atoms with van der Waals surface area (Å²) in [4.78, 5) is 23.8. The minimum Gasteiger partial charge on any atom is -0.454 e. The second-order valence-corrected chi connectivity index (χ2v) is 5.10. The van der Waals surface area contributed by atoms with Crippen LogP contribution in [-0.4, -0.2) is 25.3 Å². The number of hydrogen-bond acceptors (Lipinski definition) is 5. The molecule has 1 aliphatic rings. The first-order valence-corrected chi connectivity index (χ1v) is 7.16. The van der Waals surface area contributed by atoms with Gasteiger partial charge in [0, 0.05) is 11.3 Å². The summed E-state index contributed by atoms with van der Waals surface area (Å²) in [5.41, 5.74) is 0.890. The molecular weight excluding hydrogens is 317 g/mol. The van der Waals surface area contributed by atoms with E-state index in [0.717, 1.165) is 0 Å². The van der Waals surface area contributed by atoms with E-state index in [0.29, 0.717) is 22.7 Å². The highest BCUT2D eigenvalue weighted by Gasteiger charge is 2.18. The Balaban J connectivity index is 1.58. The van der Waals surface area contributed by atoms with Crippen molar-refractivity contribution in [1.29, 1.82) is 0 Å². The predicted octanol–water partition coefficient (Wildman–Crippen LogP) is 2.66. The summed E-state index contributed by atoms with van der Waals surface area (Å²) in [6, 6.07) is 8.94. The topological polar surface area (TPSA) is 73.9 Å². The molecule has 1 amide bonds. The minimum atomic E-state index is -0.667. The van der Waals surface area contributed by atoms with Crippen molar-refractivity contribution in [3.05, 3.63) is 53.3 Å². The number of benzene rings is 2. The first kappa shape index (κ1) is 15.8. The first-order valence-electron chi connectivity index (χ1n) is 7.16. The largest absolute Gasteiger partial charge is 0.454 e. The molecule has 2 aromatic rings. The Morgan fingerprint density at radius 3 is 2.83 bits per heavy atom. The van der Waals surface area contributed by atoms with E-state index < -0.39 is 24.3 Å². The molecule has 1 N–H and O–H groups in total. The van der Waals surface area contributed by atoms with Gasteiger partial charge in [0.1, 0.15) is 5.82 Å². The first-order chi connectivity index (χ1) is 11.5. The lowest BCUT2D eigenvalue weighted by Gasteiger charge is -2.09. The highest BCUT2D eigenvalue weighted by Crippen LogP contribution is 2.32. The lowest BCUT2D eigenvalue weighted by molar-refractivity contribution is -0.119. The van der Waals surface area contributed by atoms with Crippen LogP contribution in [0.1, 0.15) is 15.9 Å². The van der Waals surface area contributed by atoms with Crippen molar-refractivity contribution in [2.75, 3.05) is 18.7 Å². The number of halogens is 1. The van der Waals surface area contributed by atoms with Gasteiger partial charge >= 0.3 is 5.97 Å². The maximum Gasteiger partial charge on any atom is 0.338 e. The Morgan fingerprint density at radius 1 is 1.21 bits per heavy atom. The van der Waals surface area contributed by atoms with Crippen molar-refractivity contribution >= 4 is 17.6 Å². The molecule has 24 heavy (non-hydrogen) atoms. The van der Waals surface area contributed by atoms with Crippen LogP contribution in [0.2, 0.25) is 0 Å². The number of amides is 1. The summed E-state index contributed by atoms with van der Waals surface area (Å²) in [5, 5.41) is 2.50. The lowest BCUT2D eigenvalue weighted by Crippen LogP contribution is -2.21. The van der Waals surface area contributed by atoms with Crippen molar-refractivity contribution in [3.63, 3.8) is 0 Å². The van der Waals surface area contributed by atoms with Gasteiger partial charge in [0.25, 0.3) is 5.91 Å². The number of ether oxygens (including phenoxy) is 3. The van der Waals surface area contributed by atoms with Crippen LogP contribution in [0.5, 0.6) is 11.5 Å². The summed E-state index contributed by atoms with van der Waals surface area (Å²) < 4.78 is 28.7. The molecule has 124 valence electrons. The summed E-state index contributed by atoms with van der Waals surface area (Å²) in [5.74, 6) is -0.655. The zero-order valence-corrected chi connectivity index (χ0v) is 12.8. The van der Waals surface area contributed by atoms with E-state index in [-0.39, 0.29) is 12.4 Å². The van der Waals surface area contributed by atoms with Gasteiger partial charge in [-0.25, -0.2) is 9.18 Å². The summed E-state index contributed by atoms with van der Waals surface area (Å²) >= 11 is 0. The lowest BCUT2D eigenvalue weighted by atomic mass is 10.2. The zero-order chi connectivity index (χ0) is 17.1. The molecule has 0 unspecified atom stereocenters. The average molecular weight is 331 g/mol. The number of carbonyl (C=O) groups is 2. The van der Waals surface area contributed by atoms with Crippen molar-refractivity contribution in [2.24, 2.45) is 0 Å². The molecule has 0 aliphatic carbocycles. The number of hydrogen-bond donors (Lipinski definition) is 1. The number of fused-ring (bicyclic) bond motifs is 1. The molecular formula is C17H14FNO5. The van der Waals surface area contributed by atoms with Crippen LogP contribution in [0.15, 0.2) is 36.4 Å². The molecule has 0 radical (unpaired) electrons. The van der Waals surface area contributed by atoms with Gasteiger partial charge in [-0.15, -0.1) is 0 Å². The van der Waals surface area contributed by atoms with Crippen LogP contribution >= 0.6 is 0 Å². The molecule has 6 nitrogen and oxygen atoms in total. The third kappa shape index (κ3) is 3.29. The predicted molar refractivity (Wildman–Crippen MR) is 82.6 cm³/mol. The molecule has 1 aliphatic heterocycles. The van der Waals surface area contributed by atoms with Crippen LogP contribution in [0, 0.1) is 12.7 Å². The summed E-state index contributed by atoms with van der Waals surface area (Å²) in [6.07, 6.45) is 0. The fraction of sp³-hybridized carbons (Fsp3) is 0.176. The molecule has 0 aromatic heterocycles. The van der Waals surface area contributed by atoms with E-state index >= 15 is 0 Å². The Kier molecular flexibility index (Phi) is 4.33. The Bertz CT molecular complexity index is 806. The fourth-order valence-electron chi connectivity index (χ4n) is 2.17. The highest BCUT2D eigenvalue weighted by molar-refractivity contribution is 5.96. The number of nitrogens with one attached hydrogen (secondary N) is 1. The van der Waals surface area contributed by atoms with Gasteiger partial charge in [-0.3, -0.25) is 4.79 Å². The molecule has 0 spiro atoms. The zero-order valence-electron chi connectivity index (χ0n) is 12.8. The maximum atomic E-state index is 13.4. The molecule has 1 heterocycles. The number of rotatable bonds is 4. The molecule has 7 heteroatoms. The summed E-state index contributed by atoms with van der Waals surface area (Å²) in [6.45, 7) is 1.16. The van der Waals surface area contributed by atoms with Crippen LogP contribution in [0.25, 0.3) is 0 Å². The number of esters is 1. The quantitative estimate of drug-likeness (QED) is 0.872. The summed E-state index contributed by atoms with van der Waals surface area (Å²) in [7, 11) is 0. The SMILES string of the molecule is Cc1c(F)cccc1NC(=O)COC(=O)c1ccc2c(c1)OCO2. The van der Waals surface area contributed by atoms with Gasteiger partial charge in [0.15, 0.2) is 18.1 Å². The standard InChI is InChI=1S/C17H14FNO5/c1-10-12(18)3-2-4-13(10)19-16(20)8-22-17(21)11-5-6-14-15(7-11)24-9-23-14/h2-7H,8-9H2,1H3,(H,19,20). The van der Waals surface area contributed by atoms with Crippen LogP contribution < -0.4 is 14.8 Å². The fourth-order valence-corrected chi connectivity index (χ4v) is 2.17. The average Bonchev–Trinajstić information content (AvgIpc) is 3.04. The normalized spacial score (nSPS) is 11.9. The Morgan fingerprint density at radius 2 is 2.00 bits per heavy atom. The van der Waals surface area contributed by atoms with E-state index in [4.69, 9.17) is 14.2 Å². The third-order valence-electron chi connectivity index (χ3n) is 3.48. The van der Waals surface area contributed by atoms with Gasteiger partial charge in [0.05, 0.1) is 5.56 Å². The van der Waals surface area contributed by atoms with Gasteiger partial charge < -0.3 is 19.5 Å². The van der Waals surface area contributed by atoms with Crippen molar-refractivity contribution in [1.82, 2.24) is 0 Å². The molecule has 0 saturated carbocycles. The molecule has 3 rings (SSSR count). The number of anilines is 1. The van der Waals surface area contributed by atoms with Gasteiger partial charge in [-0.2, -0.15) is 0 Å². The Labute approximate surface area is 137 Å². The van der Waals surface area contributed by atoms with Gasteiger partial charge in [-0.1, -0.05) is 6.07 Å². The van der Waals surface area contributed by atoms with E-state index in [1.165, 1.54) is 24.3 Å². The van der Waals surface area contributed by atoms with Gasteiger partial charge in [0.2, 0.25) is 6.79 Å². The van der Waals surface area contributed by atoms with E-state index in [9.17, 15) is 14.0 Å². The Hall–Kier alpha value is -3.09. The van der Waals surface area contributed by atoms with Crippen molar-refractivity contribution < 1.29 is 28.2 Å². The van der Waals surface area contributed by atoms with Gasteiger partial charge in [-0.05, 0) is 37.3 Å². The minimum absolute atomic E-state index is 0.100. The molecule has 2 aromatic carbocycles. The molecule has 0 fully saturated rings. The highest BCUT2D eigenvalue weighted by atomic mass is 19.1. The second kappa shape index (κ2) is 6.57. The van der Waals surface area contributed by atoms with Crippen LogP contribution in [0.3, 0.4) is 0 Å². The van der Waals surface area contributed by atoms with E-state index in [2.05, 4.69) is 5.32 Å². The maximum absolute atomic E-state index is 13.4. The van der Waals surface area contributed by atoms with Crippen LogP contribution in [-0.2, 0) is 9.53 Å². The van der Waals surface area contributed by atoms with Crippen molar-refractivity contribution in [3.8, 4) is 11.5 Å². The third-order valence-corrected chi connectivity index (χ3v) is 3.48. The monoisotopic (exact) mass is 331 g/mol. The number of carbonyl (C=O) groups excluding carboxylic acids is 2. The van der Waals surface area contributed by atoms with E-state index in [1.54, 1.807) is 19.1 Å². The molecule has 0 saturated heterocycles. The molecule has 0 atom stereocenters. The second-order valence-electron chi connectivity index (χ2n) is 5.10.